The predicted molar refractivity (Wildman–Crippen MR) is 79.8 cm³/mol. The first-order valence-corrected chi connectivity index (χ1v) is 6.30. The van der Waals surface area contributed by atoms with E-state index in [1.54, 1.807) is 18.2 Å². The van der Waals surface area contributed by atoms with E-state index in [4.69, 9.17) is 5.73 Å². The number of anilines is 2. The van der Waals surface area contributed by atoms with Crippen molar-refractivity contribution in [3.8, 4) is 0 Å². The number of hydrogen-bond donors (Lipinski definition) is 2. The highest BCUT2D eigenvalue weighted by molar-refractivity contribution is 5.93. The van der Waals surface area contributed by atoms with Gasteiger partial charge in [0.15, 0.2) is 0 Å². The standard InChI is InChI=1S/C14H19N5O/c1-18(2)14-17-9-12(19(14)3)8-16-11-6-4-5-10(7-11)13(15)20/h4-7,9,16H,8H2,1-3H3,(H2,15,20). The highest BCUT2D eigenvalue weighted by Crippen LogP contribution is 2.14. The first-order valence-electron chi connectivity index (χ1n) is 6.30. The van der Waals surface area contributed by atoms with Crippen molar-refractivity contribution in [3.05, 3.63) is 41.7 Å². The van der Waals surface area contributed by atoms with E-state index in [1.807, 2.05) is 42.9 Å². The number of amides is 1. The molecule has 0 saturated carbocycles. The van der Waals surface area contributed by atoms with Crippen LogP contribution in [0, 0.1) is 0 Å². The van der Waals surface area contributed by atoms with Gasteiger partial charge in [-0.1, -0.05) is 6.07 Å². The molecule has 6 nitrogen and oxygen atoms in total. The van der Waals surface area contributed by atoms with Crippen molar-refractivity contribution in [3.63, 3.8) is 0 Å². The Morgan fingerprint density at radius 2 is 2.20 bits per heavy atom. The topological polar surface area (TPSA) is 76.2 Å². The van der Waals surface area contributed by atoms with Gasteiger partial charge in [0.25, 0.3) is 0 Å². The van der Waals surface area contributed by atoms with Crippen molar-refractivity contribution >= 4 is 17.5 Å². The molecular weight excluding hydrogens is 254 g/mol. The van der Waals surface area contributed by atoms with E-state index in [9.17, 15) is 4.79 Å². The molecule has 0 aliphatic heterocycles. The Kier molecular flexibility index (Phi) is 3.93. The summed E-state index contributed by atoms with van der Waals surface area (Å²) in [5, 5.41) is 3.26. The molecule has 0 aliphatic carbocycles. The largest absolute Gasteiger partial charge is 0.379 e. The molecule has 1 heterocycles. The lowest BCUT2D eigenvalue weighted by molar-refractivity contribution is 0.100. The lowest BCUT2D eigenvalue weighted by Gasteiger charge is -2.13. The number of hydrogen-bond acceptors (Lipinski definition) is 4. The van der Waals surface area contributed by atoms with Gasteiger partial charge in [0.05, 0.1) is 18.4 Å². The first-order chi connectivity index (χ1) is 9.49. The molecule has 20 heavy (non-hydrogen) atoms. The lowest BCUT2D eigenvalue weighted by Crippen LogP contribution is -2.15. The van der Waals surface area contributed by atoms with Crippen LogP contribution in [0.15, 0.2) is 30.5 Å². The summed E-state index contributed by atoms with van der Waals surface area (Å²) in [6.07, 6.45) is 1.83. The third kappa shape index (κ3) is 2.90. The number of nitrogens with zero attached hydrogens (tertiary/aromatic N) is 3. The van der Waals surface area contributed by atoms with E-state index in [-0.39, 0.29) is 0 Å². The van der Waals surface area contributed by atoms with Crippen LogP contribution in [0.25, 0.3) is 0 Å². The van der Waals surface area contributed by atoms with E-state index in [0.717, 1.165) is 17.3 Å². The van der Waals surface area contributed by atoms with Crippen LogP contribution in [0.3, 0.4) is 0 Å². The summed E-state index contributed by atoms with van der Waals surface area (Å²) >= 11 is 0. The minimum atomic E-state index is -0.427. The smallest absolute Gasteiger partial charge is 0.248 e. The summed E-state index contributed by atoms with van der Waals surface area (Å²) in [6.45, 7) is 0.625. The Balaban J connectivity index is 2.09. The Hall–Kier alpha value is -2.50. The minimum Gasteiger partial charge on any atom is -0.379 e. The molecule has 1 amide bonds. The van der Waals surface area contributed by atoms with Gasteiger partial charge in [-0.25, -0.2) is 4.98 Å². The number of imidazole rings is 1. The van der Waals surface area contributed by atoms with Crippen LogP contribution < -0.4 is 16.0 Å². The van der Waals surface area contributed by atoms with Crippen LogP contribution in [-0.2, 0) is 13.6 Å². The molecule has 2 rings (SSSR count). The number of primary amides is 1. The maximum Gasteiger partial charge on any atom is 0.248 e. The van der Waals surface area contributed by atoms with Crippen molar-refractivity contribution in [2.75, 3.05) is 24.3 Å². The van der Waals surface area contributed by atoms with E-state index in [2.05, 4.69) is 10.3 Å². The number of nitrogens with two attached hydrogens (primary N) is 1. The average Bonchev–Trinajstić information content (AvgIpc) is 2.78. The molecule has 0 atom stereocenters. The van der Waals surface area contributed by atoms with E-state index >= 15 is 0 Å². The SMILES string of the molecule is CN(C)c1ncc(CNc2cccc(C(N)=O)c2)n1C. The molecule has 2 aromatic rings. The number of benzene rings is 1. The minimum absolute atomic E-state index is 0.427. The second kappa shape index (κ2) is 5.64. The van der Waals surface area contributed by atoms with Crippen molar-refractivity contribution in [1.82, 2.24) is 9.55 Å². The zero-order valence-corrected chi connectivity index (χ0v) is 11.9. The van der Waals surface area contributed by atoms with Crippen LogP contribution >= 0.6 is 0 Å². The fourth-order valence-electron chi connectivity index (χ4n) is 1.99. The summed E-state index contributed by atoms with van der Waals surface area (Å²) < 4.78 is 2.02. The van der Waals surface area contributed by atoms with Gasteiger partial charge in [-0.2, -0.15) is 0 Å². The third-order valence-corrected chi connectivity index (χ3v) is 3.08. The molecule has 6 heteroatoms. The predicted octanol–water partition coefficient (Wildman–Crippen LogP) is 1.20. The molecule has 0 radical (unpaired) electrons. The van der Waals surface area contributed by atoms with Crippen LogP contribution in [0.2, 0.25) is 0 Å². The maximum absolute atomic E-state index is 11.1. The Morgan fingerprint density at radius 1 is 1.45 bits per heavy atom. The Bertz CT molecular complexity index is 618. The molecule has 0 bridgehead atoms. The van der Waals surface area contributed by atoms with Crippen molar-refractivity contribution in [2.24, 2.45) is 12.8 Å². The molecule has 1 aromatic heterocycles. The van der Waals surface area contributed by atoms with Gasteiger partial charge < -0.3 is 20.5 Å². The lowest BCUT2D eigenvalue weighted by atomic mass is 10.2. The van der Waals surface area contributed by atoms with Crippen molar-refractivity contribution in [1.29, 1.82) is 0 Å². The van der Waals surface area contributed by atoms with Gasteiger partial charge in [-0.15, -0.1) is 0 Å². The third-order valence-electron chi connectivity index (χ3n) is 3.08. The second-order valence-corrected chi connectivity index (χ2v) is 4.80. The highest BCUT2D eigenvalue weighted by Gasteiger charge is 2.08. The molecule has 3 N–H and O–H groups in total. The summed E-state index contributed by atoms with van der Waals surface area (Å²) in [5.74, 6) is 0.469. The first kappa shape index (κ1) is 13.9. The molecule has 0 spiro atoms. The maximum atomic E-state index is 11.1. The molecule has 0 unspecified atom stereocenters. The second-order valence-electron chi connectivity index (χ2n) is 4.80. The quantitative estimate of drug-likeness (QED) is 0.858. The van der Waals surface area contributed by atoms with Gasteiger partial charge in [0.2, 0.25) is 11.9 Å². The summed E-state index contributed by atoms with van der Waals surface area (Å²) in [7, 11) is 5.88. The van der Waals surface area contributed by atoms with Crippen molar-refractivity contribution < 1.29 is 4.79 Å². The van der Waals surface area contributed by atoms with E-state index in [0.29, 0.717) is 12.1 Å². The molecule has 106 valence electrons. The van der Waals surface area contributed by atoms with Gasteiger partial charge in [0, 0.05) is 32.4 Å². The van der Waals surface area contributed by atoms with Gasteiger partial charge >= 0.3 is 0 Å². The Morgan fingerprint density at radius 3 is 2.80 bits per heavy atom. The molecule has 0 saturated heterocycles. The number of carbonyl (C=O) groups excluding carboxylic acids is 1. The van der Waals surface area contributed by atoms with Crippen LogP contribution in [0.1, 0.15) is 16.1 Å². The van der Waals surface area contributed by atoms with Crippen LogP contribution in [-0.4, -0.2) is 29.6 Å². The van der Waals surface area contributed by atoms with Gasteiger partial charge in [-0.3, -0.25) is 4.79 Å². The number of rotatable bonds is 5. The molecule has 0 aliphatic rings. The van der Waals surface area contributed by atoms with E-state index in [1.165, 1.54) is 0 Å². The molecular formula is C14H19N5O. The monoisotopic (exact) mass is 273 g/mol. The zero-order valence-electron chi connectivity index (χ0n) is 11.9. The fraction of sp³-hybridized carbons (Fsp3) is 0.286. The highest BCUT2D eigenvalue weighted by atomic mass is 16.1. The van der Waals surface area contributed by atoms with Crippen molar-refractivity contribution in [2.45, 2.75) is 6.54 Å². The van der Waals surface area contributed by atoms with Crippen LogP contribution in [0.4, 0.5) is 11.6 Å². The Labute approximate surface area is 118 Å². The number of carbonyl (C=O) groups is 1. The van der Waals surface area contributed by atoms with Gasteiger partial charge in [0.1, 0.15) is 0 Å². The molecule has 0 fully saturated rings. The van der Waals surface area contributed by atoms with Crippen LogP contribution in [0.5, 0.6) is 0 Å². The number of nitrogens with one attached hydrogen (secondary N) is 1. The average molecular weight is 273 g/mol. The van der Waals surface area contributed by atoms with Gasteiger partial charge in [-0.05, 0) is 18.2 Å². The fourth-order valence-corrected chi connectivity index (χ4v) is 1.99. The normalized spacial score (nSPS) is 10.3. The molecule has 1 aromatic carbocycles. The summed E-state index contributed by atoms with van der Waals surface area (Å²) in [4.78, 5) is 17.4. The zero-order chi connectivity index (χ0) is 14.7. The van der Waals surface area contributed by atoms with E-state index < -0.39 is 5.91 Å². The summed E-state index contributed by atoms with van der Waals surface area (Å²) in [5.41, 5.74) is 7.67. The number of aromatic nitrogens is 2. The summed E-state index contributed by atoms with van der Waals surface area (Å²) in [6, 6.07) is 7.14.